The highest BCUT2D eigenvalue weighted by atomic mass is 19.4. The fraction of sp³-hybridized carbons (Fsp3) is 0.381. The zero-order valence-corrected chi connectivity index (χ0v) is 16.2. The van der Waals surface area contributed by atoms with E-state index in [4.69, 9.17) is 0 Å². The Balaban J connectivity index is 1.81. The summed E-state index contributed by atoms with van der Waals surface area (Å²) in [5.41, 5.74) is 0.194. The Hall–Kier alpha value is -2.94. The van der Waals surface area contributed by atoms with Crippen LogP contribution in [0.4, 0.5) is 19.0 Å². The average Bonchev–Trinajstić information content (AvgIpc) is 2.70. The number of anilines is 1. The van der Waals surface area contributed by atoms with Crippen molar-refractivity contribution in [3.63, 3.8) is 0 Å². The maximum Gasteiger partial charge on any atom is 0.416 e. The number of pyridine rings is 1. The first-order valence-corrected chi connectivity index (χ1v) is 9.73. The lowest BCUT2D eigenvalue weighted by molar-refractivity contribution is -0.137. The number of aromatic hydroxyl groups is 1. The number of hydrogen-bond donors (Lipinski definition) is 3. The number of nitrogens with zero attached hydrogens (tertiary/aromatic N) is 3. The Morgan fingerprint density at radius 3 is 2.60 bits per heavy atom. The fourth-order valence-electron chi connectivity index (χ4n) is 3.96. The second-order valence-electron chi connectivity index (χ2n) is 7.58. The number of aliphatic hydroxyl groups excluding tert-OH is 1. The molecule has 2 heterocycles. The third-order valence-corrected chi connectivity index (χ3v) is 5.47. The largest absolute Gasteiger partial charge is 0.507 e. The highest BCUT2D eigenvalue weighted by Crippen LogP contribution is 2.40. The van der Waals surface area contributed by atoms with E-state index < -0.39 is 23.6 Å². The van der Waals surface area contributed by atoms with E-state index in [1.165, 1.54) is 6.92 Å². The minimum absolute atomic E-state index is 0.176. The van der Waals surface area contributed by atoms with Crippen molar-refractivity contribution in [3.8, 4) is 17.0 Å². The predicted molar refractivity (Wildman–Crippen MR) is 106 cm³/mol. The van der Waals surface area contributed by atoms with Crippen molar-refractivity contribution in [2.24, 2.45) is 0 Å². The number of aromatic nitrogens is 3. The molecule has 6 nitrogen and oxygen atoms in total. The van der Waals surface area contributed by atoms with Crippen LogP contribution in [0.1, 0.15) is 36.8 Å². The van der Waals surface area contributed by atoms with E-state index in [1.54, 1.807) is 18.3 Å². The van der Waals surface area contributed by atoms with Gasteiger partial charge in [-0.1, -0.05) is 12.8 Å². The molecule has 158 valence electrons. The summed E-state index contributed by atoms with van der Waals surface area (Å²) in [6.07, 6.45) is -0.0366. The molecule has 3 N–H and O–H groups in total. The SMILES string of the molecule is Cc1cc(C(F)(F)F)cc(O)c1-c1nnc(NC2CCCCC2O)c2ncccc12. The molecule has 2 unspecified atom stereocenters. The molecule has 0 saturated heterocycles. The number of benzene rings is 1. The van der Waals surface area contributed by atoms with E-state index in [2.05, 4.69) is 20.5 Å². The van der Waals surface area contributed by atoms with Crippen molar-refractivity contribution < 1.29 is 23.4 Å². The third-order valence-electron chi connectivity index (χ3n) is 5.47. The van der Waals surface area contributed by atoms with Crippen molar-refractivity contribution in [1.29, 1.82) is 0 Å². The highest BCUT2D eigenvalue weighted by Gasteiger charge is 2.32. The fourth-order valence-corrected chi connectivity index (χ4v) is 3.96. The summed E-state index contributed by atoms with van der Waals surface area (Å²) < 4.78 is 39.2. The standard InChI is InChI=1S/C21H21F3N4O2/c1-11-9-12(21(22,23)24)10-16(30)17(11)18-13-5-4-8-25-19(13)20(28-27-18)26-14-6-2-3-7-15(14)29/h4-5,8-10,14-15,29-30H,2-3,6-7H2,1H3,(H,26,28). The number of alkyl halides is 3. The Morgan fingerprint density at radius 2 is 1.90 bits per heavy atom. The Kier molecular flexibility index (Phi) is 5.23. The van der Waals surface area contributed by atoms with Gasteiger partial charge in [-0.3, -0.25) is 4.98 Å². The molecule has 4 rings (SSSR count). The van der Waals surface area contributed by atoms with Crippen LogP contribution in [-0.2, 0) is 6.18 Å². The van der Waals surface area contributed by atoms with Crippen LogP contribution in [0.2, 0.25) is 0 Å². The number of phenolic OH excluding ortho intramolecular Hbond substituents is 1. The third kappa shape index (κ3) is 3.77. The molecule has 1 aromatic carbocycles. The Morgan fingerprint density at radius 1 is 1.13 bits per heavy atom. The minimum Gasteiger partial charge on any atom is -0.507 e. The van der Waals surface area contributed by atoms with Gasteiger partial charge in [0.15, 0.2) is 5.82 Å². The average molecular weight is 418 g/mol. The minimum atomic E-state index is -4.56. The predicted octanol–water partition coefficient (Wildman–Crippen LogP) is 4.44. The van der Waals surface area contributed by atoms with Crippen LogP contribution in [0.15, 0.2) is 30.5 Å². The van der Waals surface area contributed by atoms with E-state index in [0.29, 0.717) is 29.2 Å². The molecule has 2 aromatic heterocycles. The van der Waals surface area contributed by atoms with Crippen LogP contribution in [0.3, 0.4) is 0 Å². The summed E-state index contributed by atoms with van der Waals surface area (Å²) in [5.74, 6) is -0.130. The molecule has 1 fully saturated rings. The van der Waals surface area contributed by atoms with Gasteiger partial charge in [0.05, 0.1) is 17.7 Å². The van der Waals surface area contributed by atoms with Crippen molar-refractivity contribution >= 4 is 16.7 Å². The summed E-state index contributed by atoms with van der Waals surface area (Å²) in [4.78, 5) is 4.37. The van der Waals surface area contributed by atoms with Gasteiger partial charge in [0.25, 0.3) is 0 Å². The van der Waals surface area contributed by atoms with Gasteiger partial charge in [0, 0.05) is 17.1 Å². The number of rotatable bonds is 3. The Labute approximate surface area is 170 Å². The van der Waals surface area contributed by atoms with Crippen LogP contribution in [-0.4, -0.2) is 37.5 Å². The van der Waals surface area contributed by atoms with E-state index in [9.17, 15) is 23.4 Å². The van der Waals surface area contributed by atoms with Gasteiger partial charge in [0.1, 0.15) is 17.0 Å². The lowest BCUT2D eigenvalue weighted by Gasteiger charge is -2.28. The second kappa shape index (κ2) is 7.71. The first kappa shape index (κ1) is 20.3. The van der Waals surface area contributed by atoms with Crippen LogP contribution < -0.4 is 5.32 Å². The molecular formula is C21H21F3N4O2. The summed E-state index contributed by atoms with van der Waals surface area (Å²) in [6.45, 7) is 1.48. The van der Waals surface area contributed by atoms with Gasteiger partial charge in [-0.15, -0.1) is 10.2 Å². The first-order chi connectivity index (χ1) is 14.3. The summed E-state index contributed by atoms with van der Waals surface area (Å²) in [6, 6.07) is 4.90. The topological polar surface area (TPSA) is 91.2 Å². The van der Waals surface area contributed by atoms with E-state index in [-0.39, 0.29) is 22.9 Å². The lowest BCUT2D eigenvalue weighted by Crippen LogP contribution is -2.36. The monoisotopic (exact) mass is 418 g/mol. The molecule has 0 aliphatic heterocycles. The normalized spacial score (nSPS) is 19.8. The van der Waals surface area contributed by atoms with Crippen molar-refractivity contribution in [2.75, 3.05) is 5.32 Å². The van der Waals surface area contributed by atoms with Crippen LogP contribution in [0.5, 0.6) is 5.75 Å². The zero-order chi connectivity index (χ0) is 21.5. The molecule has 0 amide bonds. The van der Waals surface area contributed by atoms with Gasteiger partial charge in [0.2, 0.25) is 0 Å². The van der Waals surface area contributed by atoms with Crippen LogP contribution >= 0.6 is 0 Å². The van der Waals surface area contributed by atoms with Gasteiger partial charge in [-0.05, 0) is 49.6 Å². The number of fused-ring (bicyclic) bond motifs is 1. The first-order valence-electron chi connectivity index (χ1n) is 9.73. The van der Waals surface area contributed by atoms with Crippen LogP contribution in [0.25, 0.3) is 22.2 Å². The molecule has 1 aliphatic rings. The highest BCUT2D eigenvalue weighted by molar-refractivity contribution is 5.99. The summed E-state index contributed by atoms with van der Waals surface area (Å²) in [5, 5.41) is 32.8. The van der Waals surface area contributed by atoms with E-state index >= 15 is 0 Å². The maximum atomic E-state index is 13.1. The van der Waals surface area contributed by atoms with E-state index in [0.717, 1.165) is 25.3 Å². The number of hydrogen-bond acceptors (Lipinski definition) is 6. The number of halogens is 3. The van der Waals surface area contributed by atoms with Crippen LogP contribution in [0, 0.1) is 6.92 Å². The molecule has 0 bridgehead atoms. The Bertz CT molecular complexity index is 1060. The number of aliphatic hydroxyl groups is 1. The summed E-state index contributed by atoms with van der Waals surface area (Å²) >= 11 is 0. The molecule has 0 radical (unpaired) electrons. The number of nitrogens with one attached hydrogen (secondary N) is 1. The van der Waals surface area contributed by atoms with Crippen molar-refractivity contribution in [2.45, 2.75) is 50.9 Å². The smallest absolute Gasteiger partial charge is 0.416 e. The quantitative estimate of drug-likeness (QED) is 0.583. The van der Waals surface area contributed by atoms with Gasteiger partial charge in [-0.25, -0.2) is 0 Å². The maximum absolute atomic E-state index is 13.1. The van der Waals surface area contributed by atoms with Gasteiger partial charge < -0.3 is 15.5 Å². The molecular weight excluding hydrogens is 397 g/mol. The van der Waals surface area contributed by atoms with E-state index in [1.807, 2.05) is 0 Å². The van der Waals surface area contributed by atoms with Gasteiger partial charge >= 0.3 is 6.18 Å². The molecule has 2 atom stereocenters. The molecule has 30 heavy (non-hydrogen) atoms. The molecule has 0 spiro atoms. The molecule has 9 heteroatoms. The summed E-state index contributed by atoms with van der Waals surface area (Å²) in [7, 11) is 0. The zero-order valence-electron chi connectivity index (χ0n) is 16.2. The number of aryl methyl sites for hydroxylation is 1. The lowest BCUT2D eigenvalue weighted by atomic mass is 9.92. The second-order valence-corrected chi connectivity index (χ2v) is 7.58. The number of phenols is 1. The van der Waals surface area contributed by atoms with Crippen molar-refractivity contribution in [3.05, 3.63) is 41.6 Å². The van der Waals surface area contributed by atoms with Crippen molar-refractivity contribution in [1.82, 2.24) is 15.2 Å². The molecule has 3 aromatic rings. The van der Waals surface area contributed by atoms with Gasteiger partial charge in [-0.2, -0.15) is 13.2 Å². The molecule has 1 saturated carbocycles. The molecule has 1 aliphatic carbocycles.